The van der Waals surface area contributed by atoms with Crippen LogP contribution in [0.5, 0.6) is 0 Å². The fourth-order valence-corrected chi connectivity index (χ4v) is 4.27. The van der Waals surface area contributed by atoms with E-state index in [0.29, 0.717) is 17.5 Å². The van der Waals surface area contributed by atoms with E-state index in [1.54, 1.807) is 0 Å². The molecule has 134 valence electrons. The number of halogens is 3. The Balaban J connectivity index is 1.79. The summed E-state index contributed by atoms with van der Waals surface area (Å²) in [6.07, 6.45) is -3.83. The number of alkyl halides is 3. The number of nitrogens with one attached hydrogen (secondary N) is 1. The van der Waals surface area contributed by atoms with Crippen molar-refractivity contribution in [3.63, 3.8) is 0 Å². The summed E-state index contributed by atoms with van der Waals surface area (Å²) in [5, 5.41) is 2.68. The second kappa shape index (κ2) is 7.52. The molecule has 0 aromatic heterocycles. The summed E-state index contributed by atoms with van der Waals surface area (Å²) in [5.41, 5.74) is 0.883. The van der Waals surface area contributed by atoms with Crippen LogP contribution in [0, 0.1) is 5.92 Å². The molecule has 1 aliphatic heterocycles. The van der Waals surface area contributed by atoms with Gasteiger partial charge in [0.25, 0.3) is 5.91 Å². The molecule has 1 saturated heterocycles. The summed E-state index contributed by atoms with van der Waals surface area (Å²) < 4.78 is 63.2. The van der Waals surface area contributed by atoms with Gasteiger partial charge in [-0.2, -0.15) is 13.2 Å². The van der Waals surface area contributed by atoms with Crippen molar-refractivity contribution in [2.24, 2.45) is 5.92 Å². The van der Waals surface area contributed by atoms with Crippen LogP contribution in [0.15, 0.2) is 24.3 Å². The maximum atomic E-state index is 12.0. The Hall–Kier alpha value is -1.61. The highest BCUT2D eigenvalue weighted by Crippen LogP contribution is 2.18. The van der Waals surface area contributed by atoms with Gasteiger partial charge in [0.15, 0.2) is 9.84 Å². The second-order valence-corrected chi connectivity index (χ2v) is 8.01. The summed E-state index contributed by atoms with van der Waals surface area (Å²) in [5.74, 6) is -0.181. The van der Waals surface area contributed by atoms with Gasteiger partial charge in [-0.15, -0.1) is 0 Å². The second-order valence-electron chi connectivity index (χ2n) is 5.78. The SMILES string of the molecule is O=C(NC[C@H]1CCS(=O)(=O)C1)c1ccc(COCC(F)(F)F)cc1. The fraction of sp³-hybridized carbons (Fsp3) is 0.533. The fourth-order valence-electron chi connectivity index (χ4n) is 2.41. The highest BCUT2D eigenvalue weighted by molar-refractivity contribution is 7.91. The molecule has 1 N–H and O–H groups in total. The van der Waals surface area contributed by atoms with E-state index in [-0.39, 0.29) is 36.5 Å². The minimum atomic E-state index is -4.37. The van der Waals surface area contributed by atoms with E-state index in [1.807, 2.05) is 0 Å². The van der Waals surface area contributed by atoms with Crippen LogP contribution in [0.25, 0.3) is 0 Å². The van der Waals surface area contributed by atoms with E-state index in [1.165, 1.54) is 24.3 Å². The standard InChI is InChI=1S/C15H18F3NO4S/c16-15(17,18)10-23-8-11-1-3-13(4-2-11)14(20)19-7-12-5-6-24(21,22)9-12/h1-4,12H,5-10H2,(H,19,20)/t12-/m1/s1. The number of ether oxygens (including phenoxy) is 1. The summed E-state index contributed by atoms with van der Waals surface area (Å²) in [6, 6.07) is 6.02. The molecule has 0 saturated carbocycles. The van der Waals surface area contributed by atoms with Crippen molar-refractivity contribution in [1.29, 1.82) is 0 Å². The number of hydrogen-bond acceptors (Lipinski definition) is 4. The lowest BCUT2D eigenvalue weighted by Crippen LogP contribution is -2.29. The molecular weight excluding hydrogens is 347 g/mol. The van der Waals surface area contributed by atoms with Crippen molar-refractivity contribution in [3.05, 3.63) is 35.4 Å². The van der Waals surface area contributed by atoms with Crippen molar-refractivity contribution in [1.82, 2.24) is 5.32 Å². The lowest BCUT2D eigenvalue weighted by molar-refractivity contribution is -0.176. The molecular formula is C15H18F3NO4S. The lowest BCUT2D eigenvalue weighted by atomic mass is 10.1. The van der Waals surface area contributed by atoms with E-state index >= 15 is 0 Å². The number of benzene rings is 1. The van der Waals surface area contributed by atoms with Gasteiger partial charge in [0.1, 0.15) is 6.61 Å². The van der Waals surface area contributed by atoms with E-state index in [2.05, 4.69) is 10.1 Å². The van der Waals surface area contributed by atoms with Crippen LogP contribution >= 0.6 is 0 Å². The van der Waals surface area contributed by atoms with Crippen LogP contribution in [0.1, 0.15) is 22.3 Å². The smallest absolute Gasteiger partial charge is 0.367 e. The third-order valence-corrected chi connectivity index (χ3v) is 5.47. The number of carbonyl (C=O) groups excluding carboxylic acids is 1. The van der Waals surface area contributed by atoms with Crippen LogP contribution < -0.4 is 5.32 Å². The third kappa shape index (κ3) is 6.12. The summed E-state index contributed by atoms with van der Waals surface area (Å²) in [4.78, 5) is 12.0. The quantitative estimate of drug-likeness (QED) is 0.836. The van der Waals surface area contributed by atoms with E-state index < -0.39 is 22.6 Å². The highest BCUT2D eigenvalue weighted by atomic mass is 32.2. The van der Waals surface area contributed by atoms with Gasteiger partial charge in [-0.3, -0.25) is 4.79 Å². The number of hydrogen-bond donors (Lipinski definition) is 1. The van der Waals surface area contributed by atoms with Crippen LogP contribution in [0.3, 0.4) is 0 Å². The molecule has 1 aromatic carbocycles. The van der Waals surface area contributed by atoms with Crippen LogP contribution in [-0.2, 0) is 21.2 Å². The first-order chi connectivity index (χ1) is 11.1. The van der Waals surface area contributed by atoms with Crippen molar-refractivity contribution in [2.75, 3.05) is 24.7 Å². The Labute approximate surface area is 138 Å². The average molecular weight is 365 g/mol. The number of amides is 1. The number of rotatable bonds is 6. The number of carbonyl (C=O) groups is 1. The average Bonchev–Trinajstić information content (AvgIpc) is 2.83. The maximum absolute atomic E-state index is 12.0. The van der Waals surface area contributed by atoms with Gasteiger partial charge in [-0.1, -0.05) is 12.1 Å². The molecule has 1 aliphatic rings. The molecule has 0 bridgehead atoms. The zero-order chi connectivity index (χ0) is 17.8. The Morgan fingerprint density at radius 1 is 1.25 bits per heavy atom. The van der Waals surface area contributed by atoms with Crippen LogP contribution in [0.4, 0.5) is 13.2 Å². The zero-order valence-electron chi connectivity index (χ0n) is 12.8. The van der Waals surface area contributed by atoms with Crippen LogP contribution in [-0.4, -0.2) is 45.2 Å². The first-order valence-electron chi connectivity index (χ1n) is 7.37. The van der Waals surface area contributed by atoms with Crippen molar-refractivity contribution in [2.45, 2.75) is 19.2 Å². The molecule has 1 atom stereocenters. The maximum Gasteiger partial charge on any atom is 0.411 e. The first kappa shape index (κ1) is 18.7. The Morgan fingerprint density at radius 2 is 1.92 bits per heavy atom. The van der Waals surface area contributed by atoms with E-state index in [4.69, 9.17) is 0 Å². The molecule has 0 unspecified atom stereocenters. The normalized spacial score (nSPS) is 20.0. The molecule has 1 amide bonds. The van der Waals surface area contributed by atoms with Gasteiger partial charge in [0, 0.05) is 12.1 Å². The van der Waals surface area contributed by atoms with Gasteiger partial charge < -0.3 is 10.1 Å². The molecule has 2 rings (SSSR count). The van der Waals surface area contributed by atoms with Crippen molar-refractivity contribution in [3.8, 4) is 0 Å². The highest BCUT2D eigenvalue weighted by Gasteiger charge is 2.28. The van der Waals surface area contributed by atoms with Crippen molar-refractivity contribution < 1.29 is 31.1 Å². The van der Waals surface area contributed by atoms with Crippen LogP contribution in [0.2, 0.25) is 0 Å². The monoisotopic (exact) mass is 365 g/mol. The van der Waals surface area contributed by atoms with Gasteiger partial charge in [-0.05, 0) is 30.0 Å². The summed E-state index contributed by atoms with van der Waals surface area (Å²) in [7, 11) is -2.98. The van der Waals surface area contributed by atoms with E-state index in [9.17, 15) is 26.4 Å². The molecule has 0 spiro atoms. The first-order valence-corrected chi connectivity index (χ1v) is 9.19. The minimum absolute atomic E-state index is 0.0750. The molecule has 5 nitrogen and oxygen atoms in total. The van der Waals surface area contributed by atoms with Crippen molar-refractivity contribution >= 4 is 15.7 Å². The van der Waals surface area contributed by atoms with E-state index in [0.717, 1.165) is 0 Å². The molecule has 0 radical (unpaired) electrons. The third-order valence-electron chi connectivity index (χ3n) is 3.63. The Morgan fingerprint density at radius 3 is 2.46 bits per heavy atom. The molecule has 24 heavy (non-hydrogen) atoms. The molecule has 9 heteroatoms. The zero-order valence-corrected chi connectivity index (χ0v) is 13.6. The minimum Gasteiger partial charge on any atom is -0.367 e. The number of sulfone groups is 1. The largest absolute Gasteiger partial charge is 0.411 e. The van der Waals surface area contributed by atoms with Gasteiger partial charge in [0.05, 0.1) is 18.1 Å². The summed E-state index contributed by atoms with van der Waals surface area (Å²) in [6.45, 7) is -1.23. The molecule has 1 heterocycles. The molecule has 1 aromatic rings. The van der Waals surface area contributed by atoms with Gasteiger partial charge in [-0.25, -0.2) is 8.42 Å². The molecule has 1 fully saturated rings. The predicted molar refractivity (Wildman–Crippen MR) is 81.2 cm³/mol. The predicted octanol–water partition coefficient (Wildman–Crippen LogP) is 1.93. The van der Waals surface area contributed by atoms with Gasteiger partial charge >= 0.3 is 6.18 Å². The lowest BCUT2D eigenvalue weighted by Gasteiger charge is -2.10. The topological polar surface area (TPSA) is 72.5 Å². The Bertz CT molecular complexity index is 671. The molecule has 0 aliphatic carbocycles. The Kier molecular flexibility index (Phi) is 5.87. The van der Waals surface area contributed by atoms with Gasteiger partial charge in [0.2, 0.25) is 0 Å². The summed E-state index contributed by atoms with van der Waals surface area (Å²) >= 11 is 0.